The van der Waals surface area contributed by atoms with Gasteiger partial charge in [0.15, 0.2) is 5.17 Å². The first-order valence-corrected chi connectivity index (χ1v) is 7.25. The number of amides is 2. The molecule has 1 aromatic carbocycles. The molecule has 5 nitrogen and oxygen atoms in total. The van der Waals surface area contributed by atoms with E-state index in [9.17, 15) is 9.59 Å². The van der Waals surface area contributed by atoms with Gasteiger partial charge in [-0.15, -0.1) is 0 Å². The van der Waals surface area contributed by atoms with Gasteiger partial charge in [-0.25, -0.2) is 0 Å². The second kappa shape index (κ2) is 6.28. The van der Waals surface area contributed by atoms with E-state index in [-0.39, 0.29) is 18.2 Å². The summed E-state index contributed by atoms with van der Waals surface area (Å²) in [6.07, 6.45) is 0.0982. The van der Waals surface area contributed by atoms with Gasteiger partial charge >= 0.3 is 0 Å². The fourth-order valence-electron chi connectivity index (χ4n) is 1.70. The van der Waals surface area contributed by atoms with Gasteiger partial charge in [0.1, 0.15) is 5.25 Å². The van der Waals surface area contributed by atoms with Gasteiger partial charge in [-0.2, -0.15) is 0 Å². The number of nitrogens with zero attached hydrogens (tertiary/aromatic N) is 1. The summed E-state index contributed by atoms with van der Waals surface area (Å²) in [5, 5.41) is 6.05. The van der Waals surface area contributed by atoms with Crippen LogP contribution in [0.4, 0.5) is 5.69 Å². The summed E-state index contributed by atoms with van der Waals surface area (Å²) in [5.41, 5.74) is 1.57. The number of carbonyl (C=O) groups is 2. The van der Waals surface area contributed by atoms with Crippen LogP contribution in [0, 0.1) is 6.92 Å². The van der Waals surface area contributed by atoms with Gasteiger partial charge in [-0.05, 0) is 24.6 Å². The van der Waals surface area contributed by atoms with E-state index in [0.29, 0.717) is 15.9 Å². The van der Waals surface area contributed by atoms with Gasteiger partial charge < -0.3 is 10.6 Å². The van der Waals surface area contributed by atoms with E-state index in [0.717, 1.165) is 5.56 Å². The van der Waals surface area contributed by atoms with Crippen LogP contribution in [0.15, 0.2) is 23.2 Å². The summed E-state index contributed by atoms with van der Waals surface area (Å²) < 4.78 is 0. The van der Waals surface area contributed by atoms with Crippen LogP contribution >= 0.6 is 23.4 Å². The highest BCUT2D eigenvalue weighted by atomic mass is 35.5. The molecule has 0 aromatic heterocycles. The third-order valence-corrected chi connectivity index (χ3v) is 4.39. The minimum atomic E-state index is -0.436. The predicted octanol–water partition coefficient (Wildman–Crippen LogP) is 2.19. The van der Waals surface area contributed by atoms with Crippen LogP contribution < -0.4 is 10.6 Å². The van der Waals surface area contributed by atoms with Crippen molar-refractivity contribution >= 4 is 46.0 Å². The van der Waals surface area contributed by atoms with Crippen molar-refractivity contribution in [1.29, 1.82) is 0 Å². The molecule has 2 N–H and O–H groups in total. The predicted molar refractivity (Wildman–Crippen MR) is 82.3 cm³/mol. The van der Waals surface area contributed by atoms with Gasteiger partial charge in [-0.1, -0.05) is 29.4 Å². The van der Waals surface area contributed by atoms with Crippen molar-refractivity contribution in [3.63, 3.8) is 0 Å². The van der Waals surface area contributed by atoms with Crippen molar-refractivity contribution in [2.45, 2.75) is 18.6 Å². The minimum absolute atomic E-state index is 0.0982. The summed E-state index contributed by atoms with van der Waals surface area (Å²) >= 11 is 7.26. The molecule has 0 spiro atoms. The number of carbonyl (C=O) groups excluding carboxylic acids is 2. The molecule has 1 aliphatic rings. The van der Waals surface area contributed by atoms with E-state index < -0.39 is 5.25 Å². The van der Waals surface area contributed by atoms with E-state index in [1.807, 2.05) is 13.0 Å². The largest absolute Gasteiger partial charge is 0.326 e. The van der Waals surface area contributed by atoms with Crippen molar-refractivity contribution < 1.29 is 9.59 Å². The van der Waals surface area contributed by atoms with Gasteiger partial charge in [0.05, 0.1) is 0 Å². The number of benzene rings is 1. The monoisotopic (exact) mass is 311 g/mol. The number of rotatable bonds is 3. The SMILES string of the molecule is CN=C1NC(=O)[C@@H](CC(=O)Nc2ccc(C)c(Cl)c2)S1. The molecule has 1 atom stereocenters. The lowest BCUT2D eigenvalue weighted by molar-refractivity contribution is -0.122. The molecule has 1 saturated heterocycles. The highest BCUT2D eigenvalue weighted by molar-refractivity contribution is 8.15. The molecule has 0 unspecified atom stereocenters. The Kier molecular flexibility index (Phi) is 4.67. The Labute approximate surface area is 126 Å². The Morgan fingerprint density at radius 1 is 1.55 bits per heavy atom. The van der Waals surface area contributed by atoms with Gasteiger partial charge in [-0.3, -0.25) is 14.6 Å². The number of halogens is 1. The number of amidine groups is 1. The fraction of sp³-hybridized carbons (Fsp3) is 0.308. The maximum Gasteiger partial charge on any atom is 0.240 e. The summed E-state index contributed by atoms with van der Waals surface area (Å²) in [5.74, 6) is -0.414. The van der Waals surface area contributed by atoms with Crippen molar-refractivity contribution in [3.05, 3.63) is 28.8 Å². The second-order valence-corrected chi connectivity index (χ2v) is 5.94. The minimum Gasteiger partial charge on any atom is -0.326 e. The van der Waals surface area contributed by atoms with E-state index >= 15 is 0 Å². The highest BCUT2D eigenvalue weighted by Gasteiger charge is 2.31. The van der Waals surface area contributed by atoms with Crippen LogP contribution in [0.1, 0.15) is 12.0 Å². The molecule has 0 aliphatic carbocycles. The summed E-state index contributed by atoms with van der Waals surface area (Å²) in [6, 6.07) is 5.30. The van der Waals surface area contributed by atoms with Gasteiger partial charge in [0.25, 0.3) is 0 Å². The summed E-state index contributed by atoms with van der Waals surface area (Å²) in [7, 11) is 1.60. The highest BCUT2D eigenvalue weighted by Crippen LogP contribution is 2.24. The van der Waals surface area contributed by atoms with Crippen LogP contribution in [-0.4, -0.2) is 29.3 Å². The van der Waals surface area contributed by atoms with Crippen LogP contribution in [0.5, 0.6) is 0 Å². The molecule has 0 bridgehead atoms. The molecule has 7 heteroatoms. The molecule has 1 aliphatic heterocycles. The van der Waals surface area contributed by atoms with Crippen molar-refractivity contribution in [3.8, 4) is 0 Å². The molecule has 0 radical (unpaired) electrons. The molecule has 1 heterocycles. The first kappa shape index (κ1) is 14.9. The molecule has 1 aromatic rings. The number of thioether (sulfide) groups is 1. The normalized spacial score (nSPS) is 20.1. The average Bonchev–Trinajstić information content (AvgIpc) is 2.74. The first-order chi connectivity index (χ1) is 9.49. The van der Waals surface area contributed by atoms with Crippen LogP contribution in [0.25, 0.3) is 0 Å². The Hall–Kier alpha value is -1.53. The average molecular weight is 312 g/mol. The van der Waals surface area contributed by atoms with E-state index in [4.69, 9.17) is 11.6 Å². The maximum absolute atomic E-state index is 11.9. The first-order valence-electron chi connectivity index (χ1n) is 6.00. The molecule has 106 valence electrons. The second-order valence-electron chi connectivity index (χ2n) is 4.34. The molecule has 0 saturated carbocycles. The molecular weight excluding hydrogens is 298 g/mol. The molecule has 2 amide bonds. The number of aliphatic imine (C=N–C) groups is 1. The quantitative estimate of drug-likeness (QED) is 0.899. The van der Waals surface area contributed by atoms with Crippen molar-refractivity contribution in [2.75, 3.05) is 12.4 Å². The Morgan fingerprint density at radius 3 is 2.90 bits per heavy atom. The third-order valence-electron chi connectivity index (χ3n) is 2.81. The lowest BCUT2D eigenvalue weighted by Gasteiger charge is -2.08. The van der Waals surface area contributed by atoms with E-state index in [1.165, 1.54) is 11.8 Å². The number of anilines is 1. The van der Waals surface area contributed by atoms with Crippen LogP contribution in [-0.2, 0) is 9.59 Å². The number of nitrogens with one attached hydrogen (secondary N) is 2. The summed E-state index contributed by atoms with van der Waals surface area (Å²) in [4.78, 5) is 27.4. The molecular formula is C13H14ClN3O2S. The van der Waals surface area contributed by atoms with Crippen molar-refractivity contribution in [2.24, 2.45) is 4.99 Å². The topological polar surface area (TPSA) is 70.6 Å². The number of aryl methyl sites for hydroxylation is 1. The Morgan fingerprint density at radius 2 is 2.30 bits per heavy atom. The van der Waals surface area contributed by atoms with Crippen LogP contribution in [0.2, 0.25) is 5.02 Å². The molecule has 1 fully saturated rings. The Balaban J connectivity index is 1.96. The lowest BCUT2D eigenvalue weighted by atomic mass is 10.2. The Bertz CT molecular complexity index is 589. The summed E-state index contributed by atoms with van der Waals surface area (Å²) in [6.45, 7) is 1.89. The zero-order valence-corrected chi connectivity index (χ0v) is 12.6. The molecule has 20 heavy (non-hydrogen) atoms. The van der Waals surface area contributed by atoms with E-state index in [2.05, 4.69) is 15.6 Å². The van der Waals surface area contributed by atoms with Gasteiger partial charge in [0.2, 0.25) is 11.8 Å². The lowest BCUT2D eigenvalue weighted by Crippen LogP contribution is -2.28. The van der Waals surface area contributed by atoms with Crippen LogP contribution in [0.3, 0.4) is 0 Å². The maximum atomic E-state index is 11.9. The van der Waals surface area contributed by atoms with Crippen molar-refractivity contribution in [1.82, 2.24) is 5.32 Å². The third kappa shape index (κ3) is 3.52. The number of hydrogen-bond acceptors (Lipinski definition) is 4. The van der Waals surface area contributed by atoms with Gasteiger partial charge in [0, 0.05) is 24.2 Å². The zero-order chi connectivity index (χ0) is 14.7. The smallest absolute Gasteiger partial charge is 0.240 e. The van der Waals surface area contributed by atoms with E-state index in [1.54, 1.807) is 19.2 Å². The number of hydrogen-bond donors (Lipinski definition) is 2. The standard InChI is InChI=1S/C13H14ClN3O2S/c1-7-3-4-8(5-9(7)14)16-11(18)6-10-12(19)17-13(15-2)20-10/h3-5,10H,6H2,1-2H3,(H,16,18)(H,15,17,19)/t10-/m1/s1. The zero-order valence-electron chi connectivity index (χ0n) is 11.1. The molecule has 2 rings (SSSR count). The fourth-order valence-corrected chi connectivity index (χ4v) is 2.81.